The smallest absolute Gasteiger partial charge is 0.325 e. The molecular formula is C16H31N3O2. The molecule has 2 rings (SSSR count). The highest BCUT2D eigenvalue weighted by atomic mass is 16.4. The van der Waals surface area contributed by atoms with Crippen molar-refractivity contribution in [3.05, 3.63) is 0 Å². The second kappa shape index (κ2) is 7.07. The number of carboxylic acids is 1. The summed E-state index contributed by atoms with van der Waals surface area (Å²) in [4.78, 5) is 16.8. The Balaban J connectivity index is 2.15. The number of hydrogen-bond donors (Lipinski definition) is 2. The first kappa shape index (κ1) is 16.7. The van der Waals surface area contributed by atoms with Crippen LogP contribution in [0, 0.1) is 5.92 Å². The molecule has 5 nitrogen and oxygen atoms in total. The highest BCUT2D eigenvalue weighted by molar-refractivity contribution is 5.80. The van der Waals surface area contributed by atoms with Crippen molar-refractivity contribution in [2.45, 2.75) is 51.1 Å². The van der Waals surface area contributed by atoms with Crippen molar-refractivity contribution < 1.29 is 9.90 Å². The Morgan fingerprint density at radius 1 is 1.33 bits per heavy atom. The predicted molar refractivity (Wildman–Crippen MR) is 84.5 cm³/mol. The first-order valence-electron chi connectivity index (χ1n) is 8.44. The van der Waals surface area contributed by atoms with Crippen LogP contribution in [0.2, 0.25) is 0 Å². The lowest BCUT2D eigenvalue weighted by atomic mass is 9.91. The Morgan fingerprint density at radius 2 is 2.05 bits per heavy atom. The summed E-state index contributed by atoms with van der Waals surface area (Å²) in [6.45, 7) is 8.74. The second-order valence-electron chi connectivity index (χ2n) is 6.73. The van der Waals surface area contributed by atoms with Gasteiger partial charge in [0.25, 0.3) is 0 Å². The fourth-order valence-corrected chi connectivity index (χ4v) is 3.75. The zero-order valence-electron chi connectivity index (χ0n) is 13.8. The summed E-state index contributed by atoms with van der Waals surface area (Å²) in [7, 11) is 2.17. The largest absolute Gasteiger partial charge is 0.480 e. The minimum absolute atomic E-state index is 0.299. The van der Waals surface area contributed by atoms with Crippen molar-refractivity contribution >= 4 is 5.97 Å². The molecular weight excluding hydrogens is 266 g/mol. The number of hydrogen-bond acceptors (Lipinski definition) is 4. The van der Waals surface area contributed by atoms with E-state index in [2.05, 4.69) is 29.1 Å². The molecule has 0 bridgehead atoms. The number of nitrogens with one attached hydrogen (secondary N) is 1. The van der Waals surface area contributed by atoms with Gasteiger partial charge in [0.2, 0.25) is 0 Å². The SMILES string of the molecule is CCNC(CN1CCCN(C)CC1CC)(C(=O)O)C1CC1. The lowest BCUT2D eigenvalue weighted by Gasteiger charge is -2.39. The van der Waals surface area contributed by atoms with E-state index in [-0.39, 0.29) is 0 Å². The van der Waals surface area contributed by atoms with Crippen molar-refractivity contribution in [3.8, 4) is 0 Å². The summed E-state index contributed by atoms with van der Waals surface area (Å²) < 4.78 is 0. The van der Waals surface area contributed by atoms with Crippen LogP contribution >= 0.6 is 0 Å². The van der Waals surface area contributed by atoms with Gasteiger partial charge in [0.15, 0.2) is 0 Å². The molecule has 0 amide bonds. The molecule has 0 spiro atoms. The van der Waals surface area contributed by atoms with Gasteiger partial charge in [-0.1, -0.05) is 13.8 Å². The summed E-state index contributed by atoms with van der Waals surface area (Å²) in [5.74, 6) is -0.368. The number of nitrogens with zero attached hydrogens (tertiary/aromatic N) is 2. The molecule has 1 aliphatic heterocycles. The zero-order valence-corrected chi connectivity index (χ0v) is 13.8. The minimum Gasteiger partial charge on any atom is -0.480 e. The fraction of sp³-hybridized carbons (Fsp3) is 0.938. The lowest BCUT2D eigenvalue weighted by molar-refractivity contribution is -0.147. The number of aliphatic carboxylic acids is 1. The van der Waals surface area contributed by atoms with Crippen molar-refractivity contribution in [2.75, 3.05) is 39.8 Å². The first-order valence-corrected chi connectivity index (χ1v) is 8.44. The monoisotopic (exact) mass is 297 g/mol. The van der Waals surface area contributed by atoms with Crippen molar-refractivity contribution in [1.82, 2.24) is 15.1 Å². The van der Waals surface area contributed by atoms with Gasteiger partial charge >= 0.3 is 5.97 Å². The number of carbonyl (C=O) groups is 1. The Morgan fingerprint density at radius 3 is 2.57 bits per heavy atom. The standard InChI is InChI=1S/C16H31N3O2/c1-4-14-11-18(3)9-6-10-19(14)12-16(15(20)21,17-5-2)13-7-8-13/h13-14,17H,4-12H2,1-3H3,(H,20,21). The molecule has 2 aliphatic rings. The van der Waals surface area contributed by atoms with Crippen LogP contribution in [0.3, 0.4) is 0 Å². The first-order chi connectivity index (χ1) is 10.0. The molecule has 2 fully saturated rings. The topological polar surface area (TPSA) is 55.8 Å². The van der Waals surface area contributed by atoms with E-state index in [1.807, 2.05) is 6.92 Å². The predicted octanol–water partition coefficient (Wildman–Crippen LogP) is 1.25. The van der Waals surface area contributed by atoms with Gasteiger partial charge in [0, 0.05) is 19.1 Å². The van der Waals surface area contributed by atoms with Crippen molar-refractivity contribution in [2.24, 2.45) is 5.92 Å². The second-order valence-corrected chi connectivity index (χ2v) is 6.73. The van der Waals surface area contributed by atoms with Crippen molar-refractivity contribution in [1.29, 1.82) is 0 Å². The van der Waals surface area contributed by atoms with E-state index in [1.165, 1.54) is 0 Å². The summed E-state index contributed by atoms with van der Waals surface area (Å²) in [6.07, 6.45) is 4.30. The Bertz CT molecular complexity index is 359. The van der Waals surface area contributed by atoms with Gasteiger partial charge in [-0.2, -0.15) is 0 Å². The van der Waals surface area contributed by atoms with Crippen LogP contribution in [-0.4, -0.2) is 72.2 Å². The molecule has 1 saturated heterocycles. The molecule has 0 aromatic rings. The average molecular weight is 297 g/mol. The van der Waals surface area contributed by atoms with E-state index < -0.39 is 11.5 Å². The van der Waals surface area contributed by atoms with E-state index in [0.29, 0.717) is 25.0 Å². The maximum absolute atomic E-state index is 12.0. The number of rotatable bonds is 7. The van der Waals surface area contributed by atoms with E-state index in [1.54, 1.807) is 0 Å². The van der Waals surface area contributed by atoms with Crippen LogP contribution in [0.15, 0.2) is 0 Å². The van der Waals surface area contributed by atoms with E-state index >= 15 is 0 Å². The van der Waals surface area contributed by atoms with Crippen LogP contribution in [-0.2, 0) is 4.79 Å². The molecule has 1 saturated carbocycles. The van der Waals surface area contributed by atoms with Gasteiger partial charge in [-0.25, -0.2) is 0 Å². The molecule has 5 heteroatoms. The number of carboxylic acid groups (broad SMARTS) is 1. The van der Waals surface area contributed by atoms with Crippen LogP contribution < -0.4 is 5.32 Å². The van der Waals surface area contributed by atoms with Gasteiger partial charge in [-0.05, 0) is 58.3 Å². The van der Waals surface area contributed by atoms with Gasteiger partial charge < -0.3 is 15.3 Å². The van der Waals surface area contributed by atoms with Crippen LogP contribution in [0.4, 0.5) is 0 Å². The Hall–Kier alpha value is -0.650. The maximum Gasteiger partial charge on any atom is 0.325 e. The van der Waals surface area contributed by atoms with E-state index in [9.17, 15) is 9.90 Å². The Labute approximate surface area is 128 Å². The normalized spacial score (nSPS) is 28.0. The molecule has 21 heavy (non-hydrogen) atoms. The third kappa shape index (κ3) is 3.76. The van der Waals surface area contributed by atoms with Crippen LogP contribution in [0.5, 0.6) is 0 Å². The quantitative estimate of drug-likeness (QED) is 0.740. The molecule has 1 heterocycles. The van der Waals surface area contributed by atoms with Crippen molar-refractivity contribution in [3.63, 3.8) is 0 Å². The summed E-state index contributed by atoms with van der Waals surface area (Å²) in [6, 6.07) is 0.466. The van der Waals surface area contributed by atoms with Crippen LogP contribution in [0.25, 0.3) is 0 Å². The molecule has 2 unspecified atom stereocenters. The van der Waals surface area contributed by atoms with Crippen LogP contribution in [0.1, 0.15) is 39.5 Å². The Kier molecular flexibility index (Phi) is 5.63. The fourth-order valence-electron chi connectivity index (χ4n) is 3.75. The molecule has 0 radical (unpaired) electrons. The zero-order chi connectivity index (χ0) is 15.5. The molecule has 2 atom stereocenters. The maximum atomic E-state index is 12.0. The highest BCUT2D eigenvalue weighted by Gasteiger charge is 2.52. The lowest BCUT2D eigenvalue weighted by Crippen LogP contribution is -2.62. The third-order valence-corrected chi connectivity index (χ3v) is 5.10. The van der Waals surface area contributed by atoms with Gasteiger partial charge in [0.1, 0.15) is 5.54 Å². The highest BCUT2D eigenvalue weighted by Crippen LogP contribution is 2.41. The summed E-state index contributed by atoms with van der Waals surface area (Å²) in [5.41, 5.74) is -0.745. The molecule has 1 aliphatic carbocycles. The summed E-state index contributed by atoms with van der Waals surface area (Å²) >= 11 is 0. The van der Waals surface area contributed by atoms with E-state index in [0.717, 1.165) is 45.3 Å². The van der Waals surface area contributed by atoms with Gasteiger partial charge in [-0.3, -0.25) is 9.69 Å². The summed E-state index contributed by atoms with van der Waals surface area (Å²) in [5, 5.41) is 13.2. The molecule has 2 N–H and O–H groups in total. The van der Waals surface area contributed by atoms with Gasteiger partial charge in [-0.15, -0.1) is 0 Å². The van der Waals surface area contributed by atoms with Gasteiger partial charge in [0.05, 0.1) is 0 Å². The molecule has 122 valence electrons. The minimum atomic E-state index is -0.745. The third-order valence-electron chi connectivity index (χ3n) is 5.10. The number of likely N-dealkylation sites (N-methyl/N-ethyl adjacent to an activating group) is 2. The average Bonchev–Trinajstić information content (AvgIpc) is 3.26. The molecule has 0 aromatic heterocycles. The van der Waals surface area contributed by atoms with E-state index in [4.69, 9.17) is 0 Å². The molecule has 0 aromatic carbocycles.